The molecule has 6 nitrogen and oxygen atoms in total. The molecule has 1 N–H and O–H groups in total. The van der Waals surface area contributed by atoms with Gasteiger partial charge >= 0.3 is 0 Å². The molecule has 3 aromatic rings. The summed E-state index contributed by atoms with van der Waals surface area (Å²) in [5.74, 6) is 2.85. The maximum Gasteiger partial charge on any atom is 0.203 e. The third-order valence-electron chi connectivity index (χ3n) is 4.88. The van der Waals surface area contributed by atoms with E-state index in [2.05, 4.69) is 4.72 Å². The Hall–Kier alpha value is -2.87. The van der Waals surface area contributed by atoms with Gasteiger partial charge in [0.2, 0.25) is 5.75 Å². The highest BCUT2D eigenvalue weighted by molar-refractivity contribution is 8.00. The van der Waals surface area contributed by atoms with Crippen molar-refractivity contribution in [2.75, 3.05) is 40.3 Å². The predicted molar refractivity (Wildman–Crippen MR) is 141 cm³/mol. The van der Waals surface area contributed by atoms with Crippen molar-refractivity contribution in [1.82, 2.24) is 0 Å². The fraction of sp³-hybridized carbons (Fsp3) is 0.200. The topological polar surface area (TPSA) is 58.2 Å². The Labute approximate surface area is 213 Å². The minimum atomic E-state index is 0.480. The van der Waals surface area contributed by atoms with Crippen molar-refractivity contribution >= 4 is 53.0 Å². The van der Waals surface area contributed by atoms with Crippen LogP contribution in [0.1, 0.15) is 11.1 Å². The average molecular weight is 522 g/mol. The van der Waals surface area contributed by atoms with E-state index in [9.17, 15) is 0 Å². The van der Waals surface area contributed by atoms with Crippen LogP contribution in [0.4, 0.5) is 5.69 Å². The van der Waals surface area contributed by atoms with Gasteiger partial charge in [-0.2, -0.15) is 0 Å². The van der Waals surface area contributed by atoms with Crippen LogP contribution in [0, 0.1) is 0 Å². The fourth-order valence-electron chi connectivity index (χ4n) is 3.22. The molecule has 3 aromatic carbocycles. The first kappa shape index (κ1) is 25.7. The van der Waals surface area contributed by atoms with Crippen LogP contribution in [-0.2, 0) is 0 Å². The molecule has 0 amide bonds. The number of halogens is 2. The zero-order chi connectivity index (χ0) is 24.7. The highest BCUT2D eigenvalue weighted by Crippen LogP contribution is 2.42. The summed E-state index contributed by atoms with van der Waals surface area (Å²) in [4.78, 5) is 0.888. The van der Waals surface area contributed by atoms with Crippen LogP contribution in [0.25, 0.3) is 12.2 Å². The number of hydrogen-bond acceptors (Lipinski definition) is 7. The average Bonchev–Trinajstić information content (AvgIpc) is 2.86. The van der Waals surface area contributed by atoms with Gasteiger partial charge in [-0.25, -0.2) is 0 Å². The van der Waals surface area contributed by atoms with Crippen molar-refractivity contribution < 1.29 is 23.7 Å². The number of ether oxygens (including phenoxy) is 5. The van der Waals surface area contributed by atoms with E-state index in [0.717, 1.165) is 21.7 Å². The molecule has 0 aromatic heterocycles. The zero-order valence-corrected chi connectivity index (χ0v) is 21.7. The van der Waals surface area contributed by atoms with E-state index < -0.39 is 0 Å². The zero-order valence-electron chi connectivity index (χ0n) is 19.4. The molecular formula is C25H25Cl2NO5S. The summed E-state index contributed by atoms with van der Waals surface area (Å²) < 4.78 is 30.8. The van der Waals surface area contributed by atoms with Gasteiger partial charge in [0.25, 0.3) is 0 Å². The predicted octanol–water partition coefficient (Wildman–Crippen LogP) is 7.33. The van der Waals surface area contributed by atoms with Gasteiger partial charge in [-0.05, 0) is 60.0 Å². The van der Waals surface area contributed by atoms with Gasteiger partial charge in [-0.15, -0.1) is 0 Å². The molecule has 0 radical (unpaired) electrons. The first-order valence-electron chi connectivity index (χ1n) is 10.1. The molecule has 180 valence electrons. The van der Waals surface area contributed by atoms with Gasteiger partial charge in [-0.3, -0.25) is 0 Å². The molecule has 0 atom stereocenters. The van der Waals surface area contributed by atoms with Crippen LogP contribution in [0.15, 0.2) is 47.4 Å². The summed E-state index contributed by atoms with van der Waals surface area (Å²) >= 11 is 13.6. The molecule has 0 saturated heterocycles. The van der Waals surface area contributed by atoms with Crippen LogP contribution in [0.5, 0.6) is 28.7 Å². The first-order chi connectivity index (χ1) is 16.4. The van der Waals surface area contributed by atoms with Crippen LogP contribution in [-0.4, -0.2) is 35.5 Å². The lowest BCUT2D eigenvalue weighted by Crippen LogP contribution is -1.98. The summed E-state index contributed by atoms with van der Waals surface area (Å²) in [5.41, 5.74) is 2.48. The van der Waals surface area contributed by atoms with Crippen LogP contribution >= 0.6 is 35.1 Å². The SMILES string of the molecule is COc1cc(/C=C\c2ccc(OC)c(OC)c2NSc2ccc(Cl)c(Cl)c2)cc(OC)c1OC. The molecule has 34 heavy (non-hydrogen) atoms. The summed E-state index contributed by atoms with van der Waals surface area (Å²) in [7, 11) is 7.94. The number of methoxy groups -OCH3 is 5. The van der Waals surface area contributed by atoms with Crippen LogP contribution in [0.3, 0.4) is 0 Å². The largest absolute Gasteiger partial charge is 0.493 e. The van der Waals surface area contributed by atoms with Gasteiger partial charge in [0.1, 0.15) is 0 Å². The minimum Gasteiger partial charge on any atom is -0.493 e. The van der Waals surface area contributed by atoms with Crippen molar-refractivity contribution in [3.05, 3.63) is 63.6 Å². The normalized spacial score (nSPS) is 10.8. The summed E-state index contributed by atoms with van der Waals surface area (Å²) in [5, 5.41) is 0.979. The molecule has 0 aliphatic rings. The summed E-state index contributed by atoms with van der Waals surface area (Å²) in [6, 6.07) is 13.0. The van der Waals surface area contributed by atoms with Crippen molar-refractivity contribution in [3.8, 4) is 28.7 Å². The van der Waals surface area contributed by atoms with Crippen molar-refractivity contribution in [2.45, 2.75) is 4.90 Å². The molecule has 3 rings (SSSR count). The lowest BCUT2D eigenvalue weighted by Gasteiger charge is -2.17. The highest BCUT2D eigenvalue weighted by atomic mass is 35.5. The number of hydrogen-bond donors (Lipinski definition) is 1. The van der Waals surface area contributed by atoms with Crippen molar-refractivity contribution in [3.63, 3.8) is 0 Å². The van der Waals surface area contributed by atoms with E-state index in [1.807, 2.05) is 42.5 Å². The minimum absolute atomic E-state index is 0.480. The van der Waals surface area contributed by atoms with Gasteiger partial charge < -0.3 is 28.4 Å². The quantitative estimate of drug-likeness (QED) is 0.221. The van der Waals surface area contributed by atoms with Crippen LogP contribution in [0.2, 0.25) is 10.0 Å². The molecule has 0 aliphatic heterocycles. The second-order valence-corrected chi connectivity index (χ2v) is 8.53. The number of benzene rings is 3. The molecule has 0 heterocycles. The van der Waals surface area contributed by atoms with Gasteiger partial charge in [0, 0.05) is 10.5 Å². The molecule has 0 aliphatic carbocycles. The third kappa shape index (κ3) is 5.78. The summed E-state index contributed by atoms with van der Waals surface area (Å²) in [6.07, 6.45) is 3.90. The Bertz CT molecular complexity index is 1160. The van der Waals surface area contributed by atoms with Crippen LogP contribution < -0.4 is 28.4 Å². The van der Waals surface area contributed by atoms with Gasteiger partial charge in [0.15, 0.2) is 23.0 Å². The lowest BCUT2D eigenvalue weighted by atomic mass is 10.1. The Morgan fingerprint density at radius 3 is 1.88 bits per heavy atom. The molecule has 0 fully saturated rings. The number of rotatable bonds is 10. The van der Waals surface area contributed by atoms with Crippen molar-refractivity contribution in [1.29, 1.82) is 0 Å². The van der Waals surface area contributed by atoms with E-state index in [4.69, 9.17) is 46.9 Å². The third-order valence-corrected chi connectivity index (χ3v) is 6.42. The smallest absolute Gasteiger partial charge is 0.203 e. The molecule has 9 heteroatoms. The Morgan fingerprint density at radius 2 is 1.32 bits per heavy atom. The summed E-state index contributed by atoms with van der Waals surface area (Å²) in [6.45, 7) is 0. The van der Waals surface area contributed by atoms with E-state index >= 15 is 0 Å². The molecule has 0 unspecified atom stereocenters. The molecular weight excluding hydrogens is 497 g/mol. The van der Waals surface area contributed by atoms with Gasteiger partial charge in [-0.1, -0.05) is 35.4 Å². The standard InChI is InChI=1S/C25H25Cl2NO5S/c1-29-20-11-8-16(7-6-15-12-21(30-2)24(32-4)22(13-15)31-3)23(25(20)33-5)28-34-17-9-10-18(26)19(27)14-17/h6-14,28H,1-5H3/b7-6-. The second kappa shape index (κ2) is 12.0. The number of nitrogens with one attached hydrogen (secondary N) is 1. The first-order valence-corrected chi connectivity index (χ1v) is 11.6. The Balaban J connectivity index is 1.99. The van der Waals surface area contributed by atoms with E-state index in [0.29, 0.717) is 38.8 Å². The lowest BCUT2D eigenvalue weighted by molar-refractivity contribution is 0.324. The number of anilines is 1. The molecule has 0 saturated carbocycles. The van der Waals surface area contributed by atoms with E-state index in [-0.39, 0.29) is 0 Å². The molecule has 0 bridgehead atoms. The Kier molecular flexibility index (Phi) is 9.10. The maximum atomic E-state index is 6.16. The maximum absolute atomic E-state index is 6.16. The molecule has 0 spiro atoms. The van der Waals surface area contributed by atoms with E-state index in [1.54, 1.807) is 47.7 Å². The van der Waals surface area contributed by atoms with Gasteiger partial charge in [0.05, 0.1) is 51.3 Å². The second-order valence-electron chi connectivity index (χ2n) is 6.84. The van der Waals surface area contributed by atoms with Crippen molar-refractivity contribution in [2.24, 2.45) is 0 Å². The monoisotopic (exact) mass is 521 g/mol. The highest BCUT2D eigenvalue weighted by Gasteiger charge is 2.16. The fourth-order valence-corrected chi connectivity index (χ4v) is 4.33. The van der Waals surface area contributed by atoms with E-state index in [1.165, 1.54) is 11.9 Å². The Morgan fingerprint density at radius 1 is 0.676 bits per heavy atom.